The second kappa shape index (κ2) is 9.46. The summed E-state index contributed by atoms with van der Waals surface area (Å²) in [6.07, 6.45) is 11.0. The highest BCUT2D eigenvalue weighted by molar-refractivity contribution is 5.91. The third-order valence-electron chi connectivity index (χ3n) is 5.20. The third kappa shape index (κ3) is 5.71. The first-order valence-corrected chi connectivity index (χ1v) is 10.4. The number of imidazole rings is 1. The van der Waals surface area contributed by atoms with Gasteiger partial charge >= 0.3 is 0 Å². The van der Waals surface area contributed by atoms with Crippen LogP contribution >= 0.6 is 0 Å². The topological polar surface area (TPSA) is 113 Å². The summed E-state index contributed by atoms with van der Waals surface area (Å²) in [7, 11) is 0. The fraction of sp³-hybridized carbons (Fsp3) is 0.364. The molecule has 1 amide bonds. The number of nitrogens with zero attached hydrogens (tertiary/aromatic N) is 6. The van der Waals surface area contributed by atoms with Crippen LogP contribution in [0.25, 0.3) is 6.08 Å². The van der Waals surface area contributed by atoms with Crippen molar-refractivity contribution < 1.29 is 4.79 Å². The van der Waals surface area contributed by atoms with E-state index in [1.54, 1.807) is 31.0 Å². The summed E-state index contributed by atoms with van der Waals surface area (Å²) in [6, 6.07) is 3.86. The SMILES string of the molecule is Cc1cc(C)nc(Nc2cc(C[C@H]3CCCN(C(=O)/C=C/c4cnc[nH]4)C3)ncn2)n1. The van der Waals surface area contributed by atoms with Crippen LogP contribution in [-0.4, -0.2) is 53.8 Å². The number of anilines is 2. The van der Waals surface area contributed by atoms with E-state index >= 15 is 0 Å². The largest absolute Gasteiger partial charge is 0.345 e. The van der Waals surface area contributed by atoms with E-state index in [0.29, 0.717) is 17.7 Å². The number of hydrogen-bond donors (Lipinski definition) is 2. The quantitative estimate of drug-likeness (QED) is 0.592. The normalized spacial score (nSPS) is 16.6. The number of rotatable bonds is 6. The second-order valence-corrected chi connectivity index (χ2v) is 7.83. The van der Waals surface area contributed by atoms with E-state index in [4.69, 9.17) is 0 Å². The van der Waals surface area contributed by atoms with Crippen LogP contribution in [0.2, 0.25) is 0 Å². The number of carbonyl (C=O) groups excluding carboxylic acids is 1. The average Bonchev–Trinajstić information content (AvgIpc) is 3.25. The van der Waals surface area contributed by atoms with Gasteiger partial charge in [-0.25, -0.2) is 24.9 Å². The Balaban J connectivity index is 1.37. The number of aryl methyl sites for hydroxylation is 2. The molecule has 160 valence electrons. The maximum atomic E-state index is 12.6. The van der Waals surface area contributed by atoms with Gasteiger partial charge in [0.25, 0.3) is 0 Å². The van der Waals surface area contributed by atoms with E-state index in [9.17, 15) is 4.79 Å². The predicted octanol–water partition coefficient (Wildman–Crippen LogP) is 2.84. The first-order chi connectivity index (χ1) is 15.0. The zero-order chi connectivity index (χ0) is 21.6. The van der Waals surface area contributed by atoms with Crippen LogP contribution in [0.5, 0.6) is 0 Å². The van der Waals surface area contributed by atoms with Gasteiger partial charge in [-0.05, 0) is 51.2 Å². The molecule has 31 heavy (non-hydrogen) atoms. The molecule has 0 radical (unpaired) electrons. The summed E-state index contributed by atoms with van der Waals surface area (Å²) in [5.41, 5.74) is 3.56. The lowest BCUT2D eigenvalue weighted by Gasteiger charge is -2.32. The van der Waals surface area contributed by atoms with Gasteiger partial charge in [-0.15, -0.1) is 0 Å². The molecule has 1 aliphatic heterocycles. The molecule has 3 aromatic heterocycles. The van der Waals surface area contributed by atoms with Crippen LogP contribution in [0.3, 0.4) is 0 Å². The summed E-state index contributed by atoms with van der Waals surface area (Å²) in [5, 5.41) is 3.17. The highest BCUT2D eigenvalue weighted by atomic mass is 16.2. The Morgan fingerprint density at radius 3 is 2.87 bits per heavy atom. The van der Waals surface area contributed by atoms with Crippen molar-refractivity contribution in [2.75, 3.05) is 18.4 Å². The molecule has 9 heteroatoms. The van der Waals surface area contributed by atoms with Crippen molar-refractivity contribution in [2.24, 2.45) is 5.92 Å². The summed E-state index contributed by atoms with van der Waals surface area (Å²) in [4.78, 5) is 38.9. The highest BCUT2D eigenvalue weighted by Crippen LogP contribution is 2.22. The molecule has 4 heterocycles. The van der Waals surface area contributed by atoms with Gasteiger partial charge in [-0.3, -0.25) is 4.79 Å². The molecule has 4 rings (SSSR count). The molecular formula is C22H26N8O. The van der Waals surface area contributed by atoms with E-state index in [2.05, 4.69) is 35.2 Å². The predicted molar refractivity (Wildman–Crippen MR) is 117 cm³/mol. The van der Waals surface area contributed by atoms with E-state index in [-0.39, 0.29) is 5.91 Å². The standard InChI is InChI=1S/C22H26N8O/c1-15-8-16(2)28-22(27-15)29-20-10-19(25-14-26-20)9-17-4-3-7-30(12-17)21(31)6-5-18-11-23-13-24-18/h5-6,8,10-11,13-14,17H,3-4,7,9,12H2,1-2H3,(H,23,24)(H,25,26,27,28,29)/b6-5+/t17-/m1/s1. The number of carbonyl (C=O) groups is 1. The molecule has 1 fully saturated rings. The summed E-state index contributed by atoms with van der Waals surface area (Å²) < 4.78 is 0. The Morgan fingerprint density at radius 2 is 2.10 bits per heavy atom. The van der Waals surface area contributed by atoms with Gasteiger partial charge in [-0.1, -0.05) is 0 Å². The van der Waals surface area contributed by atoms with Gasteiger partial charge in [-0.2, -0.15) is 0 Å². The number of amides is 1. The molecule has 1 saturated heterocycles. The van der Waals surface area contributed by atoms with Crippen LogP contribution in [0.4, 0.5) is 11.8 Å². The summed E-state index contributed by atoms with van der Waals surface area (Å²) in [6.45, 7) is 5.37. The van der Waals surface area contributed by atoms with Crippen LogP contribution in [0, 0.1) is 19.8 Å². The van der Waals surface area contributed by atoms with Crippen LogP contribution < -0.4 is 5.32 Å². The molecule has 0 saturated carbocycles. The Hall–Kier alpha value is -3.62. The Labute approximate surface area is 181 Å². The van der Waals surface area contributed by atoms with Crippen molar-refractivity contribution >= 4 is 23.7 Å². The van der Waals surface area contributed by atoms with Crippen LogP contribution in [0.1, 0.15) is 35.6 Å². The molecule has 0 spiro atoms. The van der Waals surface area contributed by atoms with Crippen LogP contribution in [0.15, 0.2) is 37.1 Å². The number of aromatic amines is 1. The van der Waals surface area contributed by atoms with Crippen molar-refractivity contribution in [1.29, 1.82) is 0 Å². The van der Waals surface area contributed by atoms with E-state index < -0.39 is 0 Å². The average molecular weight is 419 g/mol. The molecule has 0 bridgehead atoms. The van der Waals surface area contributed by atoms with Crippen molar-refractivity contribution in [3.8, 4) is 0 Å². The Bertz CT molecular complexity index is 1040. The number of hydrogen-bond acceptors (Lipinski definition) is 7. The van der Waals surface area contributed by atoms with Gasteiger partial charge in [0.2, 0.25) is 11.9 Å². The number of likely N-dealkylation sites (tertiary alicyclic amines) is 1. The Morgan fingerprint density at radius 1 is 1.26 bits per heavy atom. The maximum absolute atomic E-state index is 12.6. The minimum Gasteiger partial charge on any atom is -0.345 e. The molecule has 0 aliphatic carbocycles. The van der Waals surface area contributed by atoms with Crippen molar-refractivity contribution in [3.05, 3.63) is 59.8 Å². The number of aromatic nitrogens is 6. The summed E-state index contributed by atoms with van der Waals surface area (Å²) >= 11 is 0. The van der Waals surface area contributed by atoms with Crippen molar-refractivity contribution in [2.45, 2.75) is 33.1 Å². The maximum Gasteiger partial charge on any atom is 0.246 e. The number of piperidine rings is 1. The smallest absolute Gasteiger partial charge is 0.246 e. The zero-order valence-corrected chi connectivity index (χ0v) is 17.7. The fourth-order valence-electron chi connectivity index (χ4n) is 3.83. The zero-order valence-electron chi connectivity index (χ0n) is 17.7. The van der Waals surface area contributed by atoms with Crippen molar-refractivity contribution in [3.63, 3.8) is 0 Å². The third-order valence-corrected chi connectivity index (χ3v) is 5.20. The number of H-pyrrole nitrogens is 1. The minimum atomic E-state index is 0.0244. The molecule has 1 aliphatic rings. The lowest BCUT2D eigenvalue weighted by Crippen LogP contribution is -2.39. The summed E-state index contributed by atoms with van der Waals surface area (Å²) in [5.74, 6) is 1.58. The minimum absolute atomic E-state index is 0.0244. The van der Waals surface area contributed by atoms with E-state index in [1.165, 1.54) is 0 Å². The lowest BCUT2D eigenvalue weighted by atomic mass is 9.93. The van der Waals surface area contributed by atoms with Gasteiger partial charge in [0, 0.05) is 42.3 Å². The molecule has 0 unspecified atom stereocenters. The fourth-order valence-corrected chi connectivity index (χ4v) is 3.83. The molecule has 1 atom stereocenters. The monoisotopic (exact) mass is 418 g/mol. The van der Waals surface area contributed by atoms with E-state index in [0.717, 1.165) is 55.1 Å². The Kier molecular flexibility index (Phi) is 6.30. The van der Waals surface area contributed by atoms with Gasteiger partial charge in [0.05, 0.1) is 18.2 Å². The first-order valence-electron chi connectivity index (χ1n) is 10.4. The molecule has 9 nitrogen and oxygen atoms in total. The second-order valence-electron chi connectivity index (χ2n) is 7.83. The van der Waals surface area contributed by atoms with Crippen molar-refractivity contribution in [1.82, 2.24) is 34.8 Å². The number of nitrogens with one attached hydrogen (secondary N) is 2. The van der Waals surface area contributed by atoms with Gasteiger partial charge < -0.3 is 15.2 Å². The van der Waals surface area contributed by atoms with Gasteiger partial charge in [0.1, 0.15) is 12.1 Å². The first kappa shape index (κ1) is 20.6. The molecule has 3 aromatic rings. The molecule has 2 N–H and O–H groups in total. The lowest BCUT2D eigenvalue weighted by molar-refractivity contribution is -0.127. The van der Waals surface area contributed by atoms with Crippen LogP contribution in [-0.2, 0) is 11.2 Å². The molecule has 0 aromatic carbocycles. The van der Waals surface area contributed by atoms with E-state index in [1.807, 2.05) is 30.9 Å². The molecular weight excluding hydrogens is 392 g/mol. The van der Waals surface area contributed by atoms with Gasteiger partial charge in [0.15, 0.2) is 0 Å². The highest BCUT2D eigenvalue weighted by Gasteiger charge is 2.23.